The molecule has 0 aromatic carbocycles. The lowest BCUT2D eigenvalue weighted by Crippen LogP contribution is -2.44. The van der Waals surface area contributed by atoms with Crippen LogP contribution in [0.4, 0.5) is 4.79 Å². The summed E-state index contributed by atoms with van der Waals surface area (Å²) in [6.45, 7) is 10.0. The number of amides is 1. The van der Waals surface area contributed by atoms with Crippen LogP contribution >= 0.6 is 0 Å². The fraction of sp³-hybridized carbons (Fsp3) is 0.833. The van der Waals surface area contributed by atoms with E-state index in [1.54, 1.807) is 0 Å². The number of hydrogen-bond acceptors (Lipinski definition) is 3. The predicted octanol–water partition coefficient (Wildman–Crippen LogP) is 2.22. The SMILES string of the molecule is CC(C)(C)OC(=O)N1CCC(C)(C)[C@@H]1C=O. The van der Waals surface area contributed by atoms with Crippen LogP contribution in [0.2, 0.25) is 0 Å². The number of hydrogen-bond donors (Lipinski definition) is 0. The Labute approximate surface area is 96.9 Å². The normalized spacial score (nSPS) is 24.3. The zero-order valence-electron chi connectivity index (χ0n) is 10.7. The second-order valence-corrected chi connectivity index (χ2v) is 5.99. The van der Waals surface area contributed by atoms with E-state index in [0.717, 1.165) is 12.7 Å². The highest BCUT2D eigenvalue weighted by atomic mass is 16.6. The summed E-state index contributed by atoms with van der Waals surface area (Å²) < 4.78 is 5.28. The highest BCUT2D eigenvalue weighted by Crippen LogP contribution is 2.35. The molecule has 0 radical (unpaired) electrons. The number of carbonyl (C=O) groups is 2. The van der Waals surface area contributed by atoms with Gasteiger partial charge in [0.05, 0.1) is 6.04 Å². The lowest BCUT2D eigenvalue weighted by Gasteiger charge is -2.30. The Hall–Kier alpha value is -1.06. The second kappa shape index (κ2) is 4.07. The van der Waals surface area contributed by atoms with Crippen molar-refractivity contribution >= 4 is 12.4 Å². The summed E-state index contributed by atoms with van der Waals surface area (Å²) in [4.78, 5) is 24.4. The molecule has 1 amide bonds. The second-order valence-electron chi connectivity index (χ2n) is 5.99. The van der Waals surface area contributed by atoms with Crippen LogP contribution in [0.25, 0.3) is 0 Å². The van der Waals surface area contributed by atoms with Gasteiger partial charge in [0, 0.05) is 6.54 Å². The van der Waals surface area contributed by atoms with E-state index in [-0.39, 0.29) is 11.5 Å². The van der Waals surface area contributed by atoms with Gasteiger partial charge in [-0.1, -0.05) is 13.8 Å². The Morgan fingerprint density at radius 3 is 2.44 bits per heavy atom. The average molecular weight is 227 g/mol. The minimum atomic E-state index is -0.517. The van der Waals surface area contributed by atoms with E-state index < -0.39 is 11.7 Å². The molecule has 0 unspecified atom stereocenters. The Bertz CT molecular complexity index is 291. The van der Waals surface area contributed by atoms with Crippen molar-refractivity contribution in [2.75, 3.05) is 6.54 Å². The molecule has 0 N–H and O–H groups in total. The van der Waals surface area contributed by atoms with E-state index in [0.29, 0.717) is 6.54 Å². The Morgan fingerprint density at radius 1 is 1.44 bits per heavy atom. The van der Waals surface area contributed by atoms with E-state index in [2.05, 4.69) is 0 Å². The molecule has 1 heterocycles. The number of nitrogens with zero attached hydrogens (tertiary/aromatic N) is 1. The first-order chi connectivity index (χ1) is 7.17. The van der Waals surface area contributed by atoms with Crippen molar-refractivity contribution in [1.29, 1.82) is 0 Å². The van der Waals surface area contributed by atoms with Crippen molar-refractivity contribution in [3.05, 3.63) is 0 Å². The first kappa shape index (κ1) is 13.0. The van der Waals surface area contributed by atoms with Crippen LogP contribution < -0.4 is 0 Å². The van der Waals surface area contributed by atoms with Gasteiger partial charge in [-0.2, -0.15) is 0 Å². The summed E-state index contributed by atoms with van der Waals surface area (Å²) in [5.74, 6) is 0. The first-order valence-electron chi connectivity index (χ1n) is 5.62. The van der Waals surface area contributed by atoms with Gasteiger partial charge in [-0.25, -0.2) is 4.79 Å². The summed E-state index contributed by atoms with van der Waals surface area (Å²) >= 11 is 0. The highest BCUT2D eigenvalue weighted by Gasteiger charge is 2.43. The molecular formula is C12H21NO3. The van der Waals surface area contributed by atoms with E-state index in [4.69, 9.17) is 4.74 Å². The van der Waals surface area contributed by atoms with Gasteiger partial charge >= 0.3 is 6.09 Å². The van der Waals surface area contributed by atoms with Gasteiger partial charge < -0.3 is 9.53 Å². The maximum Gasteiger partial charge on any atom is 0.410 e. The minimum Gasteiger partial charge on any atom is -0.444 e. The van der Waals surface area contributed by atoms with Gasteiger partial charge in [-0.15, -0.1) is 0 Å². The summed E-state index contributed by atoms with van der Waals surface area (Å²) in [6, 6.07) is -0.373. The smallest absolute Gasteiger partial charge is 0.410 e. The summed E-state index contributed by atoms with van der Waals surface area (Å²) in [5.41, 5.74) is -0.671. The third-order valence-electron chi connectivity index (χ3n) is 2.89. The van der Waals surface area contributed by atoms with Crippen molar-refractivity contribution in [3.63, 3.8) is 0 Å². The summed E-state index contributed by atoms with van der Waals surface area (Å²) in [6.07, 6.45) is 1.28. The van der Waals surface area contributed by atoms with Crippen molar-refractivity contribution in [1.82, 2.24) is 4.90 Å². The molecular weight excluding hydrogens is 206 g/mol. The molecule has 4 heteroatoms. The summed E-state index contributed by atoms with van der Waals surface area (Å²) in [7, 11) is 0. The van der Waals surface area contributed by atoms with Crippen LogP contribution in [0, 0.1) is 5.41 Å². The number of aldehydes is 1. The van der Waals surface area contributed by atoms with E-state index in [1.807, 2.05) is 34.6 Å². The number of carbonyl (C=O) groups excluding carboxylic acids is 2. The lowest BCUT2D eigenvalue weighted by molar-refractivity contribution is -0.113. The number of likely N-dealkylation sites (tertiary alicyclic amines) is 1. The van der Waals surface area contributed by atoms with E-state index >= 15 is 0 Å². The molecule has 0 bridgehead atoms. The van der Waals surface area contributed by atoms with Crippen LogP contribution in [0.15, 0.2) is 0 Å². The van der Waals surface area contributed by atoms with Crippen molar-refractivity contribution in [3.8, 4) is 0 Å². The molecule has 1 rings (SSSR count). The van der Waals surface area contributed by atoms with Crippen LogP contribution in [-0.2, 0) is 9.53 Å². The van der Waals surface area contributed by atoms with Gasteiger partial charge in [0.1, 0.15) is 11.9 Å². The number of ether oxygens (including phenoxy) is 1. The molecule has 1 fully saturated rings. The maximum absolute atomic E-state index is 11.9. The molecule has 16 heavy (non-hydrogen) atoms. The van der Waals surface area contributed by atoms with Crippen molar-refractivity contribution in [2.45, 2.75) is 52.7 Å². The largest absolute Gasteiger partial charge is 0.444 e. The topological polar surface area (TPSA) is 46.6 Å². The highest BCUT2D eigenvalue weighted by molar-refractivity contribution is 5.75. The Morgan fingerprint density at radius 2 is 2.00 bits per heavy atom. The molecule has 1 saturated heterocycles. The number of rotatable bonds is 1. The standard InChI is InChI=1S/C12H21NO3/c1-11(2,3)16-10(15)13-7-6-12(4,5)9(13)8-14/h8-9H,6-7H2,1-5H3/t9-/m0/s1. The fourth-order valence-electron chi connectivity index (χ4n) is 1.90. The molecule has 92 valence electrons. The van der Waals surface area contributed by atoms with Gasteiger partial charge in [0.15, 0.2) is 0 Å². The molecule has 0 aliphatic carbocycles. The maximum atomic E-state index is 11.9. The predicted molar refractivity (Wildman–Crippen MR) is 61.2 cm³/mol. The van der Waals surface area contributed by atoms with Gasteiger partial charge in [-0.3, -0.25) is 4.90 Å². The molecule has 0 aromatic heterocycles. The van der Waals surface area contributed by atoms with Gasteiger partial charge in [0.2, 0.25) is 0 Å². The quantitative estimate of drug-likeness (QED) is 0.645. The average Bonchev–Trinajstić information content (AvgIpc) is 2.37. The van der Waals surface area contributed by atoms with Crippen molar-refractivity contribution < 1.29 is 14.3 Å². The molecule has 1 aliphatic heterocycles. The molecule has 0 saturated carbocycles. The fourth-order valence-corrected chi connectivity index (χ4v) is 1.90. The van der Waals surface area contributed by atoms with Gasteiger partial charge in [0.25, 0.3) is 0 Å². The molecule has 1 atom stereocenters. The van der Waals surface area contributed by atoms with Crippen LogP contribution in [0.1, 0.15) is 41.0 Å². The monoisotopic (exact) mass is 227 g/mol. The zero-order chi connectivity index (χ0) is 12.6. The Kier molecular flexibility index (Phi) is 3.31. The first-order valence-corrected chi connectivity index (χ1v) is 5.62. The zero-order valence-corrected chi connectivity index (χ0v) is 10.7. The van der Waals surface area contributed by atoms with Gasteiger partial charge in [-0.05, 0) is 32.6 Å². The van der Waals surface area contributed by atoms with Crippen LogP contribution in [-0.4, -0.2) is 35.5 Å². The third-order valence-corrected chi connectivity index (χ3v) is 2.89. The Balaban J connectivity index is 2.75. The molecule has 0 spiro atoms. The molecule has 1 aliphatic rings. The van der Waals surface area contributed by atoms with Crippen LogP contribution in [0.5, 0.6) is 0 Å². The minimum absolute atomic E-state index is 0.154. The molecule has 0 aromatic rings. The lowest BCUT2D eigenvalue weighted by atomic mass is 9.86. The van der Waals surface area contributed by atoms with Crippen LogP contribution in [0.3, 0.4) is 0 Å². The van der Waals surface area contributed by atoms with Crippen molar-refractivity contribution in [2.24, 2.45) is 5.41 Å². The van der Waals surface area contributed by atoms with E-state index in [9.17, 15) is 9.59 Å². The summed E-state index contributed by atoms with van der Waals surface area (Å²) in [5, 5.41) is 0. The third kappa shape index (κ3) is 2.74. The van der Waals surface area contributed by atoms with E-state index in [1.165, 1.54) is 4.90 Å². The molecule has 4 nitrogen and oxygen atoms in total.